The van der Waals surface area contributed by atoms with E-state index < -0.39 is 23.8 Å². The van der Waals surface area contributed by atoms with Crippen LogP contribution in [0.2, 0.25) is 5.02 Å². The Morgan fingerprint density at radius 1 is 1.31 bits per heavy atom. The second-order valence-electron chi connectivity index (χ2n) is 8.11. The van der Waals surface area contributed by atoms with Gasteiger partial charge in [-0.3, -0.25) is 9.78 Å². The van der Waals surface area contributed by atoms with E-state index in [9.17, 15) is 19.4 Å². The molecule has 32 heavy (non-hydrogen) atoms. The van der Waals surface area contributed by atoms with Crippen LogP contribution in [0.4, 0.5) is 10.1 Å². The van der Waals surface area contributed by atoms with E-state index in [4.69, 9.17) is 11.6 Å². The number of nitrogens with one attached hydrogen (secondary N) is 2. The minimum Gasteiger partial charge on any atom is -0.393 e. The normalized spacial score (nSPS) is 13.7. The lowest BCUT2D eigenvalue weighted by Crippen LogP contribution is -2.42. The van der Waals surface area contributed by atoms with Gasteiger partial charge in [0.15, 0.2) is 5.65 Å². The number of hydrogen-bond donors (Lipinski definition) is 4. The molecule has 0 saturated carbocycles. The van der Waals surface area contributed by atoms with Crippen LogP contribution in [-0.4, -0.2) is 66.7 Å². The maximum absolute atomic E-state index is 14.1. The average molecular weight is 465 g/mol. The van der Waals surface area contributed by atoms with E-state index in [0.29, 0.717) is 40.6 Å². The van der Waals surface area contributed by atoms with Crippen molar-refractivity contribution in [2.75, 3.05) is 18.4 Å². The summed E-state index contributed by atoms with van der Waals surface area (Å²) in [6.45, 7) is 4.39. The van der Waals surface area contributed by atoms with E-state index >= 15 is 0 Å². The minimum atomic E-state index is -1.64. The highest BCUT2D eigenvalue weighted by Gasteiger charge is 2.27. The summed E-state index contributed by atoms with van der Waals surface area (Å²) >= 11 is 5.96. The number of nitrogens with zero attached hydrogens (tertiary/aromatic N) is 4. The van der Waals surface area contributed by atoms with E-state index in [1.54, 1.807) is 25.4 Å². The van der Waals surface area contributed by atoms with Crippen LogP contribution in [0, 0.1) is 0 Å². The quantitative estimate of drug-likeness (QED) is 0.383. The molecule has 0 aromatic carbocycles. The molecule has 2 atom stereocenters. The molecule has 0 saturated heterocycles. The first kappa shape index (κ1) is 23.8. The predicted molar refractivity (Wildman–Crippen MR) is 120 cm³/mol. The number of anilines is 1. The number of alkyl halides is 1. The molecule has 0 aliphatic rings. The molecule has 0 bridgehead atoms. The zero-order chi connectivity index (χ0) is 23.5. The fourth-order valence-electron chi connectivity index (χ4n) is 2.91. The van der Waals surface area contributed by atoms with Gasteiger partial charge < -0.3 is 20.8 Å². The molecular weight excluding hydrogens is 439 g/mol. The smallest absolute Gasteiger partial charge is 0.255 e. The molecule has 3 rings (SSSR count). The maximum atomic E-state index is 14.1. The summed E-state index contributed by atoms with van der Waals surface area (Å²) in [4.78, 5) is 21.4. The number of hydrogen-bond acceptors (Lipinski definition) is 7. The number of halogens is 2. The maximum Gasteiger partial charge on any atom is 0.255 e. The highest BCUT2D eigenvalue weighted by atomic mass is 35.5. The van der Waals surface area contributed by atoms with Crippen molar-refractivity contribution in [3.63, 3.8) is 0 Å². The number of aromatic nitrogens is 4. The molecule has 3 aromatic rings. The Labute approximate surface area is 189 Å². The molecule has 0 aliphatic carbocycles. The predicted octanol–water partition coefficient (Wildman–Crippen LogP) is 2.47. The number of carbonyl (C=O) groups excluding carboxylic acids is 1. The molecule has 9 nitrogen and oxygen atoms in total. The Kier molecular flexibility index (Phi) is 7.27. The third kappa shape index (κ3) is 5.70. The number of amides is 1. The number of rotatable bonds is 9. The summed E-state index contributed by atoms with van der Waals surface area (Å²) in [5, 5.41) is 29.6. The summed E-state index contributed by atoms with van der Waals surface area (Å²) in [5.41, 5.74) is 0.783. The lowest BCUT2D eigenvalue weighted by molar-refractivity contribution is -0.00177. The molecule has 0 spiro atoms. The molecule has 0 aliphatic heterocycles. The number of pyridine rings is 1. The van der Waals surface area contributed by atoms with Crippen LogP contribution in [0.25, 0.3) is 16.9 Å². The van der Waals surface area contributed by atoms with Gasteiger partial charge in [0.1, 0.15) is 6.17 Å². The number of aliphatic hydroxyl groups is 2. The monoisotopic (exact) mass is 464 g/mol. The summed E-state index contributed by atoms with van der Waals surface area (Å²) in [7, 11) is 0. The van der Waals surface area contributed by atoms with Crippen molar-refractivity contribution in [3.05, 3.63) is 41.4 Å². The molecule has 1 amide bonds. The first-order chi connectivity index (χ1) is 15.1. The van der Waals surface area contributed by atoms with Crippen LogP contribution in [0.3, 0.4) is 0 Å². The van der Waals surface area contributed by atoms with Crippen LogP contribution < -0.4 is 10.6 Å². The van der Waals surface area contributed by atoms with E-state index in [1.807, 2.05) is 0 Å². The Morgan fingerprint density at radius 3 is 2.75 bits per heavy atom. The van der Waals surface area contributed by atoms with Crippen molar-refractivity contribution in [2.24, 2.45) is 0 Å². The Morgan fingerprint density at radius 2 is 2.06 bits per heavy atom. The molecular formula is C21H26ClFN6O3. The van der Waals surface area contributed by atoms with Crippen LogP contribution >= 0.6 is 11.6 Å². The summed E-state index contributed by atoms with van der Waals surface area (Å²) < 4.78 is 15.6. The fraction of sp³-hybridized carbons (Fsp3) is 0.429. The zero-order valence-corrected chi connectivity index (χ0v) is 18.8. The van der Waals surface area contributed by atoms with E-state index in [0.717, 1.165) is 0 Å². The second kappa shape index (κ2) is 9.76. The second-order valence-corrected chi connectivity index (χ2v) is 8.55. The Balaban J connectivity index is 1.90. The molecule has 4 N–H and O–H groups in total. The Hall–Kier alpha value is -2.82. The first-order valence-corrected chi connectivity index (χ1v) is 10.5. The van der Waals surface area contributed by atoms with Gasteiger partial charge in [-0.15, -0.1) is 0 Å². The van der Waals surface area contributed by atoms with Gasteiger partial charge in [-0.25, -0.2) is 13.9 Å². The molecule has 2 unspecified atom stereocenters. The molecule has 0 radical (unpaired) electrons. The molecule has 3 aromatic heterocycles. The van der Waals surface area contributed by atoms with Gasteiger partial charge in [-0.2, -0.15) is 5.10 Å². The number of carbonyl (C=O) groups is 1. The number of fused-ring (bicyclic) bond motifs is 1. The minimum absolute atomic E-state index is 0.203. The zero-order valence-electron chi connectivity index (χ0n) is 18.0. The number of aliphatic hydroxyl groups excluding tert-OH is 1. The standard InChI is InChI=1S/C21H26ClFN6O3/c1-12(30)4-5-24-17-6-16(14-9-28-29-11-13(22)7-26-19(14)29)25-8-15(17)20(31)27-10-18(23)21(2,3)32/h6-9,11-12,18,30,32H,4-5,10H2,1-3H3,(H,24,25)(H,27,31). The lowest BCUT2D eigenvalue weighted by Gasteiger charge is -2.22. The highest BCUT2D eigenvalue weighted by Crippen LogP contribution is 2.27. The van der Waals surface area contributed by atoms with Crippen molar-refractivity contribution in [1.82, 2.24) is 24.9 Å². The largest absolute Gasteiger partial charge is 0.393 e. The van der Waals surface area contributed by atoms with Crippen LogP contribution in [0.15, 0.2) is 30.9 Å². The van der Waals surface area contributed by atoms with E-state index in [2.05, 4.69) is 25.7 Å². The van der Waals surface area contributed by atoms with Gasteiger partial charge in [0.25, 0.3) is 5.91 Å². The van der Waals surface area contributed by atoms with Crippen LogP contribution in [-0.2, 0) is 0 Å². The van der Waals surface area contributed by atoms with Gasteiger partial charge in [0.2, 0.25) is 0 Å². The topological polar surface area (TPSA) is 125 Å². The van der Waals surface area contributed by atoms with Crippen molar-refractivity contribution >= 4 is 28.8 Å². The first-order valence-electron chi connectivity index (χ1n) is 10.1. The summed E-state index contributed by atoms with van der Waals surface area (Å²) in [5.74, 6) is -0.541. The van der Waals surface area contributed by atoms with Gasteiger partial charge in [-0.05, 0) is 33.3 Å². The van der Waals surface area contributed by atoms with Gasteiger partial charge in [-0.1, -0.05) is 11.6 Å². The van der Waals surface area contributed by atoms with Gasteiger partial charge >= 0.3 is 0 Å². The van der Waals surface area contributed by atoms with Crippen molar-refractivity contribution < 1.29 is 19.4 Å². The lowest BCUT2D eigenvalue weighted by atomic mass is 10.0. The van der Waals surface area contributed by atoms with Crippen molar-refractivity contribution in [3.8, 4) is 11.3 Å². The highest BCUT2D eigenvalue weighted by molar-refractivity contribution is 6.30. The molecule has 11 heteroatoms. The Bertz CT molecular complexity index is 1100. The van der Waals surface area contributed by atoms with Gasteiger partial charge in [0, 0.05) is 18.9 Å². The average Bonchev–Trinajstić information content (AvgIpc) is 3.13. The summed E-state index contributed by atoms with van der Waals surface area (Å²) in [6, 6.07) is 1.67. The van der Waals surface area contributed by atoms with Crippen molar-refractivity contribution in [1.29, 1.82) is 0 Å². The third-order valence-corrected chi connectivity index (χ3v) is 5.03. The van der Waals surface area contributed by atoms with E-state index in [1.165, 1.54) is 30.8 Å². The SMILES string of the molecule is CC(O)CCNc1cc(-c2cnn3cc(Cl)cnc23)ncc1C(=O)NCC(F)C(C)(C)O. The third-order valence-electron chi connectivity index (χ3n) is 4.84. The van der Waals surface area contributed by atoms with Gasteiger partial charge in [0.05, 0.1) is 58.2 Å². The molecule has 0 fully saturated rings. The van der Waals surface area contributed by atoms with Crippen molar-refractivity contribution in [2.45, 2.75) is 45.1 Å². The fourth-order valence-corrected chi connectivity index (χ4v) is 3.05. The van der Waals surface area contributed by atoms with Crippen LogP contribution in [0.5, 0.6) is 0 Å². The molecule has 172 valence electrons. The van der Waals surface area contributed by atoms with Crippen LogP contribution in [0.1, 0.15) is 37.6 Å². The summed E-state index contributed by atoms with van der Waals surface area (Å²) in [6.07, 6.45) is 4.40. The van der Waals surface area contributed by atoms with E-state index in [-0.39, 0.29) is 12.1 Å². The molecule has 3 heterocycles.